The topological polar surface area (TPSA) is 89.5 Å². The third-order valence-corrected chi connectivity index (χ3v) is 2.99. The van der Waals surface area contributed by atoms with E-state index in [2.05, 4.69) is 5.32 Å². The number of carboxylic acids is 1. The van der Waals surface area contributed by atoms with E-state index in [9.17, 15) is 19.8 Å². The van der Waals surface area contributed by atoms with Gasteiger partial charge in [-0.2, -0.15) is 0 Å². The van der Waals surface area contributed by atoms with Crippen molar-refractivity contribution >= 4 is 11.9 Å². The molecule has 0 saturated heterocycles. The largest absolute Gasteiger partial charge is 1.00 e. The summed E-state index contributed by atoms with van der Waals surface area (Å²) in [6.07, 6.45) is 4.34. The molecule has 0 aromatic heterocycles. The van der Waals surface area contributed by atoms with Crippen LogP contribution in [0.3, 0.4) is 0 Å². The third-order valence-electron chi connectivity index (χ3n) is 2.99. The summed E-state index contributed by atoms with van der Waals surface area (Å²) >= 11 is 0. The second kappa shape index (κ2) is 11.6. The maximum atomic E-state index is 11.7. The molecule has 1 aromatic rings. The Kier molecular flexibility index (Phi) is 11.0. The molecule has 110 valence electrons. The Balaban J connectivity index is 0.00000400. The van der Waals surface area contributed by atoms with Crippen LogP contribution in [-0.2, 0) is 4.79 Å². The van der Waals surface area contributed by atoms with Gasteiger partial charge in [0.2, 0.25) is 0 Å². The first kappa shape index (κ1) is 20.0. The van der Waals surface area contributed by atoms with Gasteiger partial charge in [0, 0.05) is 12.5 Å². The fourth-order valence-electron chi connectivity index (χ4n) is 1.89. The molecule has 0 radical (unpaired) electrons. The smallest absolute Gasteiger partial charge is 0.550 e. The van der Waals surface area contributed by atoms with Crippen molar-refractivity contribution in [1.82, 2.24) is 5.32 Å². The molecule has 0 fully saturated rings. The average molecular weight is 301 g/mol. The minimum Gasteiger partial charge on any atom is -0.550 e. The monoisotopic (exact) mass is 301 g/mol. The molecule has 0 aliphatic heterocycles. The van der Waals surface area contributed by atoms with E-state index < -0.39 is 5.97 Å². The summed E-state index contributed by atoms with van der Waals surface area (Å²) in [4.78, 5) is 21.9. The number of carbonyl (C=O) groups is 2. The quantitative estimate of drug-likeness (QED) is 0.417. The molecule has 6 heteroatoms. The van der Waals surface area contributed by atoms with Crippen molar-refractivity contribution < 1.29 is 49.4 Å². The number of rotatable bonds is 9. The van der Waals surface area contributed by atoms with Crippen LogP contribution < -0.4 is 40.0 Å². The first-order valence-corrected chi connectivity index (χ1v) is 6.87. The molecule has 0 saturated carbocycles. The fourth-order valence-corrected chi connectivity index (χ4v) is 1.89. The van der Waals surface area contributed by atoms with Crippen LogP contribution in [0.15, 0.2) is 24.3 Å². The minimum atomic E-state index is -1.00. The van der Waals surface area contributed by atoms with Gasteiger partial charge < -0.3 is 20.3 Å². The molecule has 1 amide bonds. The molecule has 0 atom stereocenters. The van der Waals surface area contributed by atoms with Crippen LogP contribution in [0.4, 0.5) is 0 Å². The zero-order valence-electron chi connectivity index (χ0n) is 12.4. The SMILES string of the molecule is O=C([O-])CCCCCCCNC(=O)c1ccccc1O.[Na+]. The molecule has 0 bridgehead atoms. The van der Waals surface area contributed by atoms with E-state index in [0.29, 0.717) is 13.0 Å². The molecule has 21 heavy (non-hydrogen) atoms. The van der Waals surface area contributed by atoms with Crippen molar-refractivity contribution in [2.45, 2.75) is 38.5 Å². The average Bonchev–Trinajstić information content (AvgIpc) is 2.41. The second-order valence-electron chi connectivity index (χ2n) is 4.66. The Labute approximate surface area is 147 Å². The first-order chi connectivity index (χ1) is 9.61. The van der Waals surface area contributed by atoms with E-state index in [1.165, 1.54) is 6.07 Å². The van der Waals surface area contributed by atoms with Gasteiger partial charge in [-0.05, 0) is 31.4 Å². The van der Waals surface area contributed by atoms with Gasteiger partial charge in [0.1, 0.15) is 5.75 Å². The summed E-state index contributed by atoms with van der Waals surface area (Å²) in [5.74, 6) is -1.30. The molecule has 0 unspecified atom stereocenters. The van der Waals surface area contributed by atoms with Gasteiger partial charge >= 0.3 is 29.6 Å². The molecule has 0 aliphatic rings. The normalized spacial score (nSPS) is 9.71. The Morgan fingerprint density at radius 1 is 1.05 bits per heavy atom. The Morgan fingerprint density at radius 3 is 2.33 bits per heavy atom. The summed E-state index contributed by atoms with van der Waals surface area (Å²) in [5.41, 5.74) is 0.279. The molecular formula is C15H20NNaO4. The van der Waals surface area contributed by atoms with E-state index in [0.717, 1.165) is 25.7 Å². The Hall–Kier alpha value is -1.04. The maximum Gasteiger partial charge on any atom is 1.00 e. The molecule has 0 aliphatic carbocycles. The number of nitrogens with one attached hydrogen (secondary N) is 1. The fraction of sp³-hybridized carbons (Fsp3) is 0.467. The van der Waals surface area contributed by atoms with Crippen molar-refractivity contribution in [3.8, 4) is 5.75 Å². The van der Waals surface area contributed by atoms with Gasteiger partial charge in [-0.25, -0.2) is 0 Å². The zero-order valence-corrected chi connectivity index (χ0v) is 14.4. The van der Waals surface area contributed by atoms with Crippen molar-refractivity contribution in [3.05, 3.63) is 29.8 Å². The number of hydrogen-bond donors (Lipinski definition) is 2. The summed E-state index contributed by atoms with van der Waals surface area (Å²) in [6, 6.07) is 6.42. The third kappa shape index (κ3) is 8.75. The van der Waals surface area contributed by atoms with Crippen LogP contribution >= 0.6 is 0 Å². The van der Waals surface area contributed by atoms with Gasteiger partial charge in [0.15, 0.2) is 0 Å². The summed E-state index contributed by atoms with van der Waals surface area (Å²) < 4.78 is 0. The predicted molar refractivity (Wildman–Crippen MR) is 73.1 cm³/mol. The van der Waals surface area contributed by atoms with Crippen LogP contribution in [0.5, 0.6) is 5.75 Å². The number of phenolic OH excluding ortho intramolecular Hbond substituents is 1. The molecule has 5 nitrogen and oxygen atoms in total. The van der Waals surface area contributed by atoms with Crippen LogP contribution in [0.25, 0.3) is 0 Å². The van der Waals surface area contributed by atoms with Gasteiger partial charge in [0.25, 0.3) is 5.91 Å². The van der Waals surface area contributed by atoms with E-state index in [-0.39, 0.29) is 53.2 Å². The summed E-state index contributed by atoms with van der Waals surface area (Å²) in [6.45, 7) is 0.549. The number of para-hydroxylation sites is 1. The van der Waals surface area contributed by atoms with Crippen molar-refractivity contribution in [1.29, 1.82) is 0 Å². The number of carbonyl (C=O) groups excluding carboxylic acids is 2. The van der Waals surface area contributed by atoms with Crippen molar-refractivity contribution in [2.24, 2.45) is 0 Å². The maximum absolute atomic E-state index is 11.7. The van der Waals surface area contributed by atoms with Crippen molar-refractivity contribution in [3.63, 3.8) is 0 Å². The second-order valence-corrected chi connectivity index (χ2v) is 4.66. The number of amides is 1. The standard InChI is InChI=1S/C15H21NO4.Na/c17-13-9-6-5-8-12(13)15(20)16-11-7-3-1-2-4-10-14(18)19;/h5-6,8-9,17H,1-4,7,10-11H2,(H,16,20)(H,18,19);/q;+1/p-1. The summed E-state index contributed by atoms with van der Waals surface area (Å²) in [5, 5.41) is 22.5. The molecular weight excluding hydrogens is 281 g/mol. The van der Waals surface area contributed by atoms with Crippen LogP contribution in [0.2, 0.25) is 0 Å². The van der Waals surface area contributed by atoms with Crippen LogP contribution in [0, 0.1) is 0 Å². The number of aromatic hydroxyl groups is 1. The number of carboxylic acid groups (broad SMARTS) is 1. The molecule has 0 spiro atoms. The molecule has 0 heterocycles. The molecule has 1 aromatic carbocycles. The summed E-state index contributed by atoms with van der Waals surface area (Å²) in [7, 11) is 0. The van der Waals surface area contributed by atoms with Gasteiger partial charge in [-0.15, -0.1) is 0 Å². The minimum absolute atomic E-state index is 0. The number of hydrogen-bond acceptors (Lipinski definition) is 4. The van der Waals surface area contributed by atoms with Crippen molar-refractivity contribution in [2.75, 3.05) is 6.54 Å². The van der Waals surface area contributed by atoms with E-state index in [1.54, 1.807) is 18.2 Å². The van der Waals surface area contributed by atoms with E-state index in [1.807, 2.05) is 0 Å². The number of phenols is 1. The number of unbranched alkanes of at least 4 members (excludes halogenated alkanes) is 4. The number of benzene rings is 1. The number of aliphatic carboxylic acids is 1. The Morgan fingerprint density at radius 2 is 1.67 bits per heavy atom. The van der Waals surface area contributed by atoms with E-state index in [4.69, 9.17) is 0 Å². The van der Waals surface area contributed by atoms with Gasteiger partial charge in [-0.1, -0.05) is 31.4 Å². The van der Waals surface area contributed by atoms with Gasteiger partial charge in [-0.3, -0.25) is 4.79 Å². The zero-order chi connectivity index (χ0) is 14.8. The predicted octanol–water partition coefficient (Wildman–Crippen LogP) is -1.78. The van der Waals surface area contributed by atoms with Gasteiger partial charge in [0.05, 0.1) is 5.56 Å². The van der Waals surface area contributed by atoms with E-state index >= 15 is 0 Å². The Bertz CT molecular complexity index is 451. The first-order valence-electron chi connectivity index (χ1n) is 6.87. The van der Waals surface area contributed by atoms with Crippen LogP contribution in [0.1, 0.15) is 48.9 Å². The molecule has 1 rings (SSSR count). The molecule has 2 N–H and O–H groups in total. The van der Waals surface area contributed by atoms with Crippen LogP contribution in [-0.4, -0.2) is 23.5 Å².